The van der Waals surface area contributed by atoms with Crippen LogP contribution in [0, 0.1) is 0 Å². The molecule has 3 radical (unpaired) electrons. The van der Waals surface area contributed by atoms with Gasteiger partial charge in [-0.25, -0.2) is 0 Å². The molecule has 5 heavy (non-hydrogen) atoms. The van der Waals surface area contributed by atoms with E-state index >= 15 is 0 Å². The molecule has 0 aliphatic heterocycles. The summed E-state index contributed by atoms with van der Waals surface area (Å²) in [5, 5.41) is 0. The van der Waals surface area contributed by atoms with E-state index in [9.17, 15) is 0 Å². The van der Waals surface area contributed by atoms with E-state index in [4.69, 9.17) is 0 Å². The molecule has 0 aliphatic carbocycles. The summed E-state index contributed by atoms with van der Waals surface area (Å²) in [7, 11) is 0. The van der Waals surface area contributed by atoms with Crippen molar-refractivity contribution in [2.45, 2.75) is 0 Å². The Morgan fingerprint density at radius 2 is 1.00 bits per heavy atom. The van der Waals surface area contributed by atoms with Gasteiger partial charge in [0, 0.05) is 17.1 Å². The average Bonchev–Trinajstić information content (AvgIpc) is 0. The van der Waals surface area contributed by atoms with Crippen molar-refractivity contribution in [2.75, 3.05) is 0 Å². The zero-order valence-corrected chi connectivity index (χ0v) is 14.2. The van der Waals surface area contributed by atoms with Gasteiger partial charge in [-0.2, -0.15) is 0 Å². The molecule has 2 N–H and O–H groups in total. The minimum absolute atomic E-state index is 0. The minimum atomic E-state index is 0. The SMILES string of the molecule is O.[BiH3].[Cu].[PbH2].[SrH2]. The molecule has 0 bridgehead atoms. The predicted molar refractivity (Wildman–Crippen MR) is 30.6 cm³/mol. The Kier molecular flexibility index (Phi) is 187. The average molecular weight is 592 g/mol. The van der Waals surface area contributed by atoms with Crippen LogP contribution in [-0.4, -0.2) is 104 Å². The second kappa shape index (κ2) is 25.1. The van der Waals surface area contributed by atoms with Crippen molar-refractivity contribution >= 4 is 99.0 Å². The van der Waals surface area contributed by atoms with Gasteiger partial charge in [0.1, 0.15) is 0 Å². The van der Waals surface area contributed by atoms with E-state index in [0.29, 0.717) is 0 Å². The molecule has 0 spiro atoms. The van der Waals surface area contributed by atoms with E-state index in [1.165, 1.54) is 0 Å². The molecule has 5 heteroatoms. The van der Waals surface area contributed by atoms with Crippen LogP contribution in [0.5, 0.6) is 0 Å². The zero-order valence-electron chi connectivity index (χ0n) is 2.22. The van der Waals surface area contributed by atoms with Gasteiger partial charge in [0.25, 0.3) is 0 Å². The van der Waals surface area contributed by atoms with Crippen molar-refractivity contribution in [1.29, 1.82) is 0 Å². The van der Waals surface area contributed by atoms with E-state index in [2.05, 4.69) is 0 Å². The Morgan fingerprint density at radius 3 is 1.00 bits per heavy atom. The molecule has 0 aromatic rings. The summed E-state index contributed by atoms with van der Waals surface area (Å²) >= 11 is 0. The Bertz CT molecular complexity index is 11.6. The summed E-state index contributed by atoms with van der Waals surface area (Å²) in [6, 6.07) is 0. The number of hydrogen-bond acceptors (Lipinski definition) is 0. The first kappa shape index (κ1) is 37.3. The van der Waals surface area contributed by atoms with Gasteiger partial charge in [0.15, 0.2) is 0 Å². The summed E-state index contributed by atoms with van der Waals surface area (Å²) in [6.07, 6.45) is 0. The maximum atomic E-state index is 0. The number of rotatable bonds is 0. The fraction of sp³-hybridized carbons (Fsp3) is 0. The molecule has 0 rings (SSSR count). The summed E-state index contributed by atoms with van der Waals surface area (Å²) in [4.78, 5) is 0. The predicted octanol–water partition coefficient (Wildman–Crippen LogP) is -3.84. The fourth-order valence-electron chi connectivity index (χ4n) is 0. The molecule has 0 aromatic carbocycles. The normalized spacial score (nSPS) is 0. The summed E-state index contributed by atoms with van der Waals surface area (Å²) in [5.41, 5.74) is 0. The first-order chi connectivity index (χ1) is 0. The molecular formula is H9BiCuOPbSr. The molecule has 0 aromatic heterocycles. The standard InChI is InChI=1S/Bi.Cu.H2O.Pb.Sr.7H/h;;1H2;;;;;;;;;. The van der Waals surface area contributed by atoms with Gasteiger partial charge in [0.2, 0.25) is 0 Å². The molecule has 0 saturated heterocycles. The molecule has 0 saturated carbocycles. The van der Waals surface area contributed by atoms with Crippen LogP contribution in [0.25, 0.3) is 0 Å². The van der Waals surface area contributed by atoms with E-state index < -0.39 is 0 Å². The summed E-state index contributed by atoms with van der Waals surface area (Å²) in [5.74, 6) is 0. The molecule has 0 unspecified atom stereocenters. The van der Waals surface area contributed by atoms with Gasteiger partial charge in [-0.1, -0.05) is 0 Å². The molecule has 0 fully saturated rings. The second-order valence-electron chi connectivity index (χ2n) is 0. The molecular weight excluding hydrogens is 583 g/mol. The molecule has 0 heterocycles. The van der Waals surface area contributed by atoms with Crippen LogP contribution in [0.15, 0.2) is 0 Å². The summed E-state index contributed by atoms with van der Waals surface area (Å²) < 4.78 is 0. The van der Waals surface area contributed by atoms with Crippen LogP contribution in [0.3, 0.4) is 0 Å². The monoisotopic (exact) mass is 593 g/mol. The molecule has 0 aliphatic rings. The van der Waals surface area contributed by atoms with Crippen LogP contribution in [0.1, 0.15) is 0 Å². The van der Waals surface area contributed by atoms with E-state index in [1.54, 1.807) is 0 Å². The third-order valence-electron chi connectivity index (χ3n) is 0. The molecule has 1 nitrogen and oxygen atoms in total. The Balaban J connectivity index is 0. The van der Waals surface area contributed by atoms with E-state index in [-0.39, 0.29) is 122 Å². The van der Waals surface area contributed by atoms with Crippen LogP contribution >= 0.6 is 0 Å². The van der Waals surface area contributed by atoms with Gasteiger partial charge >= 0.3 is 99.0 Å². The first-order valence-electron chi connectivity index (χ1n) is 0. The van der Waals surface area contributed by atoms with Crippen molar-refractivity contribution in [3.8, 4) is 0 Å². The van der Waals surface area contributed by atoms with Gasteiger partial charge < -0.3 is 5.48 Å². The van der Waals surface area contributed by atoms with Crippen LogP contribution in [0.4, 0.5) is 0 Å². The second-order valence-corrected chi connectivity index (χ2v) is 0. The quantitative estimate of drug-likeness (QED) is 0.259. The molecule has 37 valence electrons. The first-order valence-corrected chi connectivity index (χ1v) is 0. The Morgan fingerprint density at radius 1 is 1.00 bits per heavy atom. The summed E-state index contributed by atoms with van der Waals surface area (Å²) in [6.45, 7) is 0. The number of hydrogen-bond donors (Lipinski definition) is 0. The van der Waals surface area contributed by atoms with E-state index in [0.717, 1.165) is 0 Å². The van der Waals surface area contributed by atoms with Crippen molar-refractivity contribution < 1.29 is 22.5 Å². The van der Waals surface area contributed by atoms with Crippen molar-refractivity contribution in [3.63, 3.8) is 0 Å². The van der Waals surface area contributed by atoms with Gasteiger partial charge in [-0.05, 0) is 0 Å². The van der Waals surface area contributed by atoms with Gasteiger partial charge in [-0.15, -0.1) is 0 Å². The maximum absolute atomic E-state index is 0. The van der Waals surface area contributed by atoms with Crippen molar-refractivity contribution in [2.24, 2.45) is 0 Å². The molecule has 0 atom stereocenters. The van der Waals surface area contributed by atoms with Crippen molar-refractivity contribution in [3.05, 3.63) is 0 Å². The van der Waals surface area contributed by atoms with Crippen LogP contribution < -0.4 is 0 Å². The Labute approximate surface area is 118 Å². The third kappa shape index (κ3) is 18.2. The van der Waals surface area contributed by atoms with Crippen LogP contribution in [-0.2, 0) is 17.1 Å². The van der Waals surface area contributed by atoms with E-state index in [1.807, 2.05) is 0 Å². The fourth-order valence-corrected chi connectivity index (χ4v) is 0. The van der Waals surface area contributed by atoms with Crippen LogP contribution in [0.2, 0.25) is 0 Å². The van der Waals surface area contributed by atoms with Gasteiger partial charge in [0.05, 0.1) is 0 Å². The van der Waals surface area contributed by atoms with Crippen molar-refractivity contribution in [1.82, 2.24) is 0 Å². The molecule has 0 amide bonds. The van der Waals surface area contributed by atoms with Gasteiger partial charge in [-0.3, -0.25) is 0 Å². The topological polar surface area (TPSA) is 31.5 Å². The third-order valence-corrected chi connectivity index (χ3v) is 0. The Hall–Kier alpha value is 3.77. The zero-order chi connectivity index (χ0) is 0.